The molecule has 0 radical (unpaired) electrons. The average Bonchev–Trinajstić information content (AvgIpc) is 3.68. The van der Waals surface area contributed by atoms with Crippen molar-refractivity contribution >= 4 is 34.7 Å². The molecule has 0 atom stereocenters. The van der Waals surface area contributed by atoms with Crippen LogP contribution in [0.1, 0.15) is 24.5 Å². The van der Waals surface area contributed by atoms with E-state index in [1.165, 1.54) is 23.3 Å². The van der Waals surface area contributed by atoms with Crippen LogP contribution in [0.5, 0.6) is 0 Å². The Labute approximate surface area is 195 Å². The van der Waals surface area contributed by atoms with Gasteiger partial charge in [0.15, 0.2) is 0 Å². The Morgan fingerprint density at radius 3 is 2.35 bits per heavy atom. The van der Waals surface area contributed by atoms with Gasteiger partial charge in [-0.25, -0.2) is 19.9 Å². The number of carbonyl (C=O) groups is 1. The van der Waals surface area contributed by atoms with Gasteiger partial charge in [-0.1, -0.05) is 6.07 Å². The standard InChI is InChI=1S/C24H22N8O2/c33-23(13-32-15-28-19(11-24(32)34)16-4-5-16)30-18-8-6-17(7-9-18)29-21-12-22(27-14-26-21)31-20-3-1-2-10-25-20/h1-3,6-12,14-16H,4-5,13H2,(H,30,33)(H2,25,26,27,29,31). The Kier molecular flexibility index (Phi) is 5.93. The first-order valence-electron chi connectivity index (χ1n) is 10.9. The molecule has 4 aromatic rings. The molecule has 34 heavy (non-hydrogen) atoms. The summed E-state index contributed by atoms with van der Waals surface area (Å²) in [5.74, 6) is 1.99. The summed E-state index contributed by atoms with van der Waals surface area (Å²) in [7, 11) is 0. The van der Waals surface area contributed by atoms with Crippen LogP contribution in [0.15, 0.2) is 78.2 Å². The van der Waals surface area contributed by atoms with Crippen molar-refractivity contribution in [1.82, 2.24) is 24.5 Å². The summed E-state index contributed by atoms with van der Waals surface area (Å²) in [6, 6.07) is 16.0. The van der Waals surface area contributed by atoms with E-state index in [1.54, 1.807) is 24.4 Å². The van der Waals surface area contributed by atoms with Crippen LogP contribution in [-0.4, -0.2) is 30.4 Å². The first-order chi connectivity index (χ1) is 16.6. The van der Waals surface area contributed by atoms with Gasteiger partial charge in [0.1, 0.15) is 30.3 Å². The van der Waals surface area contributed by atoms with E-state index in [4.69, 9.17) is 0 Å². The molecule has 1 amide bonds. The minimum absolute atomic E-state index is 0.0935. The fourth-order valence-corrected chi connectivity index (χ4v) is 3.36. The van der Waals surface area contributed by atoms with Crippen molar-refractivity contribution < 1.29 is 4.79 Å². The zero-order chi connectivity index (χ0) is 23.3. The third kappa shape index (κ3) is 5.41. The van der Waals surface area contributed by atoms with Gasteiger partial charge in [-0.3, -0.25) is 14.2 Å². The van der Waals surface area contributed by atoms with Gasteiger partial charge in [-0.05, 0) is 49.2 Å². The zero-order valence-electron chi connectivity index (χ0n) is 18.2. The Hall–Kier alpha value is -4.60. The van der Waals surface area contributed by atoms with Crippen molar-refractivity contribution in [3.05, 3.63) is 89.5 Å². The van der Waals surface area contributed by atoms with Crippen molar-refractivity contribution in [3.8, 4) is 0 Å². The maximum Gasteiger partial charge on any atom is 0.254 e. The second kappa shape index (κ2) is 9.49. The van der Waals surface area contributed by atoms with Gasteiger partial charge in [0.2, 0.25) is 5.91 Å². The van der Waals surface area contributed by atoms with Crippen LogP contribution in [0.2, 0.25) is 0 Å². The predicted molar refractivity (Wildman–Crippen MR) is 128 cm³/mol. The SMILES string of the molecule is O=C(Cn1cnc(C2CC2)cc1=O)Nc1ccc(Nc2cc(Nc3ccccn3)ncn2)cc1. The summed E-state index contributed by atoms with van der Waals surface area (Å²) in [6.45, 7) is -0.0935. The number of nitrogens with zero attached hydrogens (tertiary/aromatic N) is 5. The molecule has 10 heteroatoms. The number of rotatable bonds is 8. The van der Waals surface area contributed by atoms with Crippen LogP contribution in [-0.2, 0) is 11.3 Å². The quantitative estimate of drug-likeness (QED) is 0.370. The van der Waals surface area contributed by atoms with Crippen LogP contribution in [0.3, 0.4) is 0 Å². The Morgan fingerprint density at radius 1 is 0.882 bits per heavy atom. The minimum atomic E-state index is -0.301. The highest BCUT2D eigenvalue weighted by Gasteiger charge is 2.25. The van der Waals surface area contributed by atoms with Crippen molar-refractivity contribution in [2.75, 3.05) is 16.0 Å². The number of pyridine rings is 1. The van der Waals surface area contributed by atoms with Crippen LogP contribution in [0, 0.1) is 0 Å². The topological polar surface area (TPSA) is 127 Å². The van der Waals surface area contributed by atoms with E-state index < -0.39 is 0 Å². The van der Waals surface area contributed by atoms with Crippen LogP contribution in [0.4, 0.5) is 28.8 Å². The zero-order valence-corrected chi connectivity index (χ0v) is 18.2. The molecule has 0 aliphatic heterocycles. The largest absolute Gasteiger partial charge is 0.340 e. The Balaban J connectivity index is 1.17. The third-order valence-electron chi connectivity index (χ3n) is 5.24. The van der Waals surface area contributed by atoms with Gasteiger partial charge in [0, 0.05) is 35.6 Å². The molecule has 5 rings (SSSR count). The molecule has 3 aromatic heterocycles. The van der Waals surface area contributed by atoms with Crippen LogP contribution < -0.4 is 21.5 Å². The van der Waals surface area contributed by atoms with Crippen molar-refractivity contribution in [2.45, 2.75) is 25.3 Å². The summed E-state index contributed by atoms with van der Waals surface area (Å²) in [5.41, 5.74) is 2.00. The van der Waals surface area contributed by atoms with Gasteiger partial charge in [-0.15, -0.1) is 0 Å². The molecule has 3 N–H and O–H groups in total. The van der Waals surface area contributed by atoms with Gasteiger partial charge in [0.25, 0.3) is 5.56 Å². The normalized spacial score (nSPS) is 12.7. The summed E-state index contributed by atoms with van der Waals surface area (Å²) in [6.07, 6.45) is 6.74. The molecule has 1 fully saturated rings. The molecular formula is C24H22N8O2. The fraction of sp³-hybridized carbons (Fsp3) is 0.167. The lowest BCUT2D eigenvalue weighted by atomic mass is 10.2. The fourth-order valence-electron chi connectivity index (χ4n) is 3.36. The first kappa shape index (κ1) is 21.3. The molecule has 0 bridgehead atoms. The van der Waals surface area contributed by atoms with E-state index in [2.05, 4.69) is 35.9 Å². The van der Waals surface area contributed by atoms with Gasteiger partial charge in [0.05, 0.1) is 12.0 Å². The lowest BCUT2D eigenvalue weighted by molar-refractivity contribution is -0.116. The van der Waals surface area contributed by atoms with E-state index in [-0.39, 0.29) is 18.0 Å². The summed E-state index contributed by atoms with van der Waals surface area (Å²) >= 11 is 0. The number of amides is 1. The lowest BCUT2D eigenvalue weighted by Gasteiger charge is -2.10. The molecule has 10 nitrogen and oxygen atoms in total. The van der Waals surface area contributed by atoms with Gasteiger partial charge < -0.3 is 16.0 Å². The van der Waals surface area contributed by atoms with E-state index in [0.29, 0.717) is 29.1 Å². The number of hydrogen-bond acceptors (Lipinski definition) is 8. The molecule has 170 valence electrons. The van der Waals surface area contributed by atoms with E-state index in [1.807, 2.05) is 30.3 Å². The Bertz CT molecular complexity index is 1350. The van der Waals surface area contributed by atoms with Crippen molar-refractivity contribution in [1.29, 1.82) is 0 Å². The average molecular weight is 454 g/mol. The monoisotopic (exact) mass is 454 g/mol. The molecular weight excluding hydrogens is 432 g/mol. The number of benzene rings is 1. The maximum absolute atomic E-state index is 12.4. The van der Waals surface area contributed by atoms with Crippen molar-refractivity contribution in [2.24, 2.45) is 0 Å². The number of carbonyl (C=O) groups excluding carboxylic acids is 1. The number of aromatic nitrogens is 5. The van der Waals surface area contributed by atoms with E-state index in [9.17, 15) is 9.59 Å². The molecule has 1 aromatic carbocycles. The second-order valence-electron chi connectivity index (χ2n) is 7.93. The van der Waals surface area contributed by atoms with Gasteiger partial charge in [-0.2, -0.15) is 0 Å². The number of anilines is 5. The molecule has 1 aliphatic carbocycles. The van der Waals surface area contributed by atoms with Crippen LogP contribution in [0.25, 0.3) is 0 Å². The summed E-state index contributed by atoms with van der Waals surface area (Å²) in [4.78, 5) is 41.6. The smallest absolute Gasteiger partial charge is 0.254 e. The molecule has 1 aliphatic rings. The molecule has 3 heterocycles. The third-order valence-corrected chi connectivity index (χ3v) is 5.24. The molecule has 1 saturated carbocycles. The van der Waals surface area contributed by atoms with E-state index in [0.717, 1.165) is 24.2 Å². The lowest BCUT2D eigenvalue weighted by Crippen LogP contribution is -2.27. The maximum atomic E-state index is 12.4. The predicted octanol–water partition coefficient (Wildman–Crippen LogP) is 3.43. The first-order valence-corrected chi connectivity index (χ1v) is 10.9. The van der Waals surface area contributed by atoms with E-state index >= 15 is 0 Å². The number of nitrogens with one attached hydrogen (secondary N) is 3. The highest BCUT2D eigenvalue weighted by Crippen LogP contribution is 2.38. The Morgan fingerprint density at radius 2 is 1.65 bits per heavy atom. The van der Waals surface area contributed by atoms with Gasteiger partial charge >= 0.3 is 0 Å². The second-order valence-corrected chi connectivity index (χ2v) is 7.93. The number of hydrogen-bond donors (Lipinski definition) is 3. The molecule has 0 saturated heterocycles. The summed E-state index contributed by atoms with van der Waals surface area (Å²) in [5, 5.41) is 9.12. The highest BCUT2D eigenvalue weighted by atomic mass is 16.2. The van der Waals surface area contributed by atoms with Crippen LogP contribution >= 0.6 is 0 Å². The highest BCUT2D eigenvalue weighted by molar-refractivity contribution is 5.90. The minimum Gasteiger partial charge on any atom is -0.340 e. The molecule has 0 spiro atoms. The summed E-state index contributed by atoms with van der Waals surface area (Å²) < 4.78 is 1.31. The van der Waals surface area contributed by atoms with Crippen molar-refractivity contribution in [3.63, 3.8) is 0 Å². The molecule has 0 unspecified atom stereocenters.